The molecule has 3 rings (SSSR count). The molecule has 3 aromatic rings. The van der Waals surface area contributed by atoms with Crippen molar-refractivity contribution in [3.8, 4) is 5.75 Å². The molecular weight excluding hydrogens is 254 g/mol. The van der Waals surface area contributed by atoms with E-state index in [0.29, 0.717) is 0 Å². The summed E-state index contributed by atoms with van der Waals surface area (Å²) in [7, 11) is 1.64. The Morgan fingerprint density at radius 3 is 3.05 bits per heavy atom. The molecule has 6 heteroatoms. The number of hydrogen-bond acceptors (Lipinski definition) is 5. The molecule has 1 atom stereocenters. The van der Waals surface area contributed by atoms with E-state index in [2.05, 4.69) is 15.5 Å². The van der Waals surface area contributed by atoms with Crippen LogP contribution in [0.4, 0.5) is 0 Å². The minimum absolute atomic E-state index is 0.174. The summed E-state index contributed by atoms with van der Waals surface area (Å²) in [4.78, 5) is 4.14. The highest BCUT2D eigenvalue weighted by molar-refractivity contribution is 5.56. The van der Waals surface area contributed by atoms with Gasteiger partial charge in [-0.3, -0.25) is 10.8 Å². The lowest BCUT2D eigenvalue weighted by atomic mass is 10.0. The average Bonchev–Trinajstić information content (AvgIpc) is 2.93. The maximum Gasteiger partial charge on any atom is 0.119 e. The maximum absolute atomic E-state index is 5.73. The standard InChI is InChI=1S/C14H15N5O/c1-20-11-4-2-3-10(7-11)14(18-15)12-8-17-19-6-5-16-9-13(12)19/h2-9,14,18H,15H2,1H3. The van der Waals surface area contributed by atoms with E-state index in [9.17, 15) is 0 Å². The molecular formula is C14H15N5O. The molecule has 0 saturated carbocycles. The molecule has 1 aromatic carbocycles. The Morgan fingerprint density at radius 1 is 1.35 bits per heavy atom. The normalized spacial score (nSPS) is 12.5. The third-order valence-corrected chi connectivity index (χ3v) is 3.26. The van der Waals surface area contributed by atoms with Gasteiger partial charge in [-0.25, -0.2) is 9.94 Å². The quantitative estimate of drug-likeness (QED) is 0.551. The molecule has 20 heavy (non-hydrogen) atoms. The second-order valence-corrected chi connectivity index (χ2v) is 4.38. The van der Waals surface area contributed by atoms with Crippen molar-refractivity contribution in [2.45, 2.75) is 6.04 Å². The number of aromatic nitrogens is 3. The van der Waals surface area contributed by atoms with Crippen molar-refractivity contribution in [3.63, 3.8) is 0 Å². The van der Waals surface area contributed by atoms with Crippen LogP contribution in [-0.2, 0) is 0 Å². The summed E-state index contributed by atoms with van der Waals surface area (Å²) in [6.45, 7) is 0. The fourth-order valence-corrected chi connectivity index (χ4v) is 2.26. The fourth-order valence-electron chi connectivity index (χ4n) is 2.26. The van der Waals surface area contributed by atoms with Gasteiger partial charge in [0, 0.05) is 18.0 Å². The summed E-state index contributed by atoms with van der Waals surface area (Å²) >= 11 is 0. The van der Waals surface area contributed by atoms with Gasteiger partial charge in [-0.1, -0.05) is 12.1 Å². The highest BCUT2D eigenvalue weighted by Gasteiger charge is 2.17. The van der Waals surface area contributed by atoms with E-state index in [1.165, 1.54) is 0 Å². The first-order valence-corrected chi connectivity index (χ1v) is 6.21. The molecule has 0 radical (unpaired) electrons. The van der Waals surface area contributed by atoms with Crippen LogP contribution >= 0.6 is 0 Å². The van der Waals surface area contributed by atoms with Crippen molar-refractivity contribution in [1.82, 2.24) is 20.0 Å². The molecule has 1 unspecified atom stereocenters. The Morgan fingerprint density at radius 2 is 2.25 bits per heavy atom. The molecule has 0 aliphatic heterocycles. The van der Waals surface area contributed by atoms with Crippen LogP contribution in [0.25, 0.3) is 5.52 Å². The lowest BCUT2D eigenvalue weighted by Crippen LogP contribution is -2.28. The minimum Gasteiger partial charge on any atom is -0.497 e. The number of hydrazine groups is 1. The lowest BCUT2D eigenvalue weighted by Gasteiger charge is -2.16. The topological polar surface area (TPSA) is 77.5 Å². The number of ether oxygens (including phenoxy) is 1. The highest BCUT2D eigenvalue weighted by atomic mass is 16.5. The molecule has 6 nitrogen and oxygen atoms in total. The fraction of sp³-hybridized carbons (Fsp3) is 0.143. The number of nitrogens with zero attached hydrogens (tertiary/aromatic N) is 3. The van der Waals surface area contributed by atoms with Gasteiger partial charge in [-0.15, -0.1) is 0 Å². The molecule has 102 valence electrons. The first-order valence-electron chi connectivity index (χ1n) is 6.21. The van der Waals surface area contributed by atoms with Crippen LogP contribution in [-0.4, -0.2) is 21.7 Å². The predicted octanol–water partition coefficient (Wildman–Crippen LogP) is 1.29. The van der Waals surface area contributed by atoms with E-state index in [-0.39, 0.29) is 6.04 Å². The maximum atomic E-state index is 5.73. The molecule has 2 aromatic heterocycles. The van der Waals surface area contributed by atoms with Crippen LogP contribution in [0.15, 0.2) is 49.1 Å². The van der Waals surface area contributed by atoms with Gasteiger partial charge in [0.25, 0.3) is 0 Å². The number of benzene rings is 1. The van der Waals surface area contributed by atoms with Gasteiger partial charge in [0.2, 0.25) is 0 Å². The van der Waals surface area contributed by atoms with Crippen LogP contribution < -0.4 is 16.0 Å². The van der Waals surface area contributed by atoms with Gasteiger partial charge >= 0.3 is 0 Å². The van der Waals surface area contributed by atoms with E-state index in [0.717, 1.165) is 22.4 Å². The zero-order chi connectivity index (χ0) is 13.9. The molecule has 0 fully saturated rings. The number of fused-ring (bicyclic) bond motifs is 1. The summed E-state index contributed by atoms with van der Waals surface area (Å²) in [5.41, 5.74) is 5.71. The van der Waals surface area contributed by atoms with Crippen LogP contribution in [0.5, 0.6) is 5.75 Å². The second-order valence-electron chi connectivity index (χ2n) is 4.38. The van der Waals surface area contributed by atoms with E-state index < -0.39 is 0 Å². The third-order valence-electron chi connectivity index (χ3n) is 3.26. The zero-order valence-corrected chi connectivity index (χ0v) is 11.0. The number of methoxy groups -OCH3 is 1. The molecule has 0 amide bonds. The highest BCUT2D eigenvalue weighted by Crippen LogP contribution is 2.27. The van der Waals surface area contributed by atoms with Gasteiger partial charge < -0.3 is 4.74 Å². The van der Waals surface area contributed by atoms with Gasteiger partial charge in [0.1, 0.15) is 5.75 Å². The second kappa shape index (κ2) is 5.28. The van der Waals surface area contributed by atoms with Gasteiger partial charge in [0.15, 0.2) is 0 Å². The zero-order valence-electron chi connectivity index (χ0n) is 11.0. The van der Waals surface area contributed by atoms with Gasteiger partial charge in [0.05, 0.1) is 31.1 Å². The molecule has 0 spiro atoms. The summed E-state index contributed by atoms with van der Waals surface area (Å²) < 4.78 is 7.02. The molecule has 0 aliphatic rings. The molecule has 0 saturated heterocycles. The Hall–Kier alpha value is -2.44. The van der Waals surface area contributed by atoms with Crippen LogP contribution in [0.3, 0.4) is 0 Å². The molecule has 0 bridgehead atoms. The SMILES string of the molecule is COc1cccc(C(NN)c2cnn3ccncc23)c1. The van der Waals surface area contributed by atoms with Crippen molar-refractivity contribution < 1.29 is 4.74 Å². The van der Waals surface area contributed by atoms with E-state index in [1.807, 2.05) is 24.3 Å². The molecule has 3 N–H and O–H groups in total. The van der Waals surface area contributed by atoms with Crippen LogP contribution in [0.1, 0.15) is 17.2 Å². The number of nitrogens with one attached hydrogen (secondary N) is 1. The number of hydrogen-bond donors (Lipinski definition) is 2. The summed E-state index contributed by atoms with van der Waals surface area (Å²) in [6, 6.07) is 7.60. The Kier molecular flexibility index (Phi) is 3.32. The molecule has 2 heterocycles. The van der Waals surface area contributed by atoms with Crippen molar-refractivity contribution >= 4 is 5.52 Å². The number of nitrogens with two attached hydrogens (primary N) is 1. The first-order chi connectivity index (χ1) is 9.83. The van der Waals surface area contributed by atoms with Crippen molar-refractivity contribution in [1.29, 1.82) is 0 Å². The summed E-state index contributed by atoms with van der Waals surface area (Å²) in [6.07, 6.45) is 7.06. The largest absolute Gasteiger partial charge is 0.497 e. The van der Waals surface area contributed by atoms with E-state index in [4.69, 9.17) is 10.6 Å². The van der Waals surface area contributed by atoms with E-state index in [1.54, 1.807) is 36.4 Å². The van der Waals surface area contributed by atoms with Crippen molar-refractivity contribution in [2.75, 3.05) is 7.11 Å². The monoisotopic (exact) mass is 269 g/mol. The summed E-state index contributed by atoms with van der Waals surface area (Å²) in [5.74, 6) is 6.52. The van der Waals surface area contributed by atoms with Crippen molar-refractivity contribution in [2.24, 2.45) is 5.84 Å². The average molecular weight is 269 g/mol. The van der Waals surface area contributed by atoms with E-state index >= 15 is 0 Å². The lowest BCUT2D eigenvalue weighted by molar-refractivity contribution is 0.413. The Bertz CT molecular complexity index is 724. The molecule has 0 aliphatic carbocycles. The van der Waals surface area contributed by atoms with Crippen molar-refractivity contribution in [3.05, 3.63) is 60.2 Å². The summed E-state index contributed by atoms with van der Waals surface area (Å²) in [5, 5.41) is 4.31. The third kappa shape index (κ3) is 2.11. The number of rotatable bonds is 4. The smallest absolute Gasteiger partial charge is 0.119 e. The first kappa shape index (κ1) is 12.6. The van der Waals surface area contributed by atoms with Gasteiger partial charge in [-0.2, -0.15) is 5.10 Å². The minimum atomic E-state index is -0.174. The van der Waals surface area contributed by atoms with Crippen LogP contribution in [0.2, 0.25) is 0 Å². The van der Waals surface area contributed by atoms with Gasteiger partial charge in [-0.05, 0) is 17.7 Å². The Labute approximate surface area is 116 Å². The van der Waals surface area contributed by atoms with Crippen LogP contribution in [0, 0.1) is 0 Å². The Balaban J connectivity index is 2.09. The predicted molar refractivity (Wildman–Crippen MR) is 75.1 cm³/mol.